The molecule has 0 amide bonds. The van der Waals surface area contributed by atoms with E-state index in [1.807, 2.05) is 30.3 Å². The zero-order chi connectivity index (χ0) is 69.1. The third-order valence-corrected chi connectivity index (χ3v) is 20.8. The molecule has 0 saturated carbocycles. The second-order valence-electron chi connectivity index (χ2n) is 27.0. The summed E-state index contributed by atoms with van der Waals surface area (Å²) in [5.41, 5.74) is 20.2. The molecule has 5 aromatic heterocycles. The van der Waals surface area contributed by atoms with Crippen molar-refractivity contribution in [2.75, 3.05) is 0 Å². The first kappa shape index (κ1) is 59.6. The molecule has 16 aromatic carbocycles. The van der Waals surface area contributed by atoms with Gasteiger partial charge < -0.3 is 13.6 Å². The van der Waals surface area contributed by atoms with Gasteiger partial charge in [-0.15, -0.1) is 0 Å². The van der Waals surface area contributed by atoms with Crippen molar-refractivity contribution in [3.05, 3.63) is 352 Å². The van der Waals surface area contributed by atoms with Gasteiger partial charge in [-0.1, -0.05) is 237 Å². The van der Waals surface area contributed by atoms with Gasteiger partial charge in [0.05, 0.1) is 22.1 Å². The Morgan fingerprint density at radius 3 is 1.17 bits per heavy atom. The van der Waals surface area contributed by atoms with Crippen LogP contribution in [0.25, 0.3) is 211 Å². The Morgan fingerprint density at radius 2 is 0.552 bits per heavy atom. The average Bonchev–Trinajstić information content (AvgIpc) is 1.60. The highest BCUT2D eigenvalue weighted by Crippen LogP contribution is 2.42. The van der Waals surface area contributed by atoms with Crippen molar-refractivity contribution in [3.63, 3.8) is 0 Å². The molecule has 21 aromatic rings. The van der Waals surface area contributed by atoms with Gasteiger partial charge in [0.1, 0.15) is 11.2 Å². The van der Waals surface area contributed by atoms with Crippen LogP contribution in [0.4, 0.5) is 0 Å². The quantitative estimate of drug-likeness (QED) is 0.127. The highest BCUT2D eigenvalue weighted by Gasteiger charge is 2.22. The van der Waals surface area contributed by atoms with Gasteiger partial charge in [-0.2, -0.15) is 0 Å². The standard InChI is InChI=1S/C96H58N8O/c1-2-16-59(17-3-1)67-24-14-25-73(52-67)94-100-93(101-96(102-94)81-29-15-23-63-18-8-9-26-77(63)81)66-42-48-76(49-43-66)104-86-51-45-72(55-83(86)84-54-69-20-5-7-22-71(69)57-88(84)104)62-34-32-60(33-35-62)61-36-38-64(39-37-61)91-97-92(99-95(98-91)74-44-50-80-79-28-11-13-31-89(79)105-90(80)58-74)65-40-46-75(47-41-65)103-85-30-12-10-27-78(85)82-53-68-19-4-6-21-70(68)56-87(82)103/h1-58H. The molecule has 9 nitrogen and oxygen atoms in total. The number of furan rings is 1. The van der Waals surface area contributed by atoms with Gasteiger partial charge in [-0.25, -0.2) is 29.9 Å². The number of benzene rings is 16. The van der Waals surface area contributed by atoms with Crippen LogP contribution in [0.15, 0.2) is 356 Å². The predicted octanol–water partition coefficient (Wildman–Crippen LogP) is 24.6. The largest absolute Gasteiger partial charge is 0.456 e. The molecule has 0 unspecified atom stereocenters. The van der Waals surface area contributed by atoms with Crippen molar-refractivity contribution >= 4 is 97.9 Å². The number of para-hydroxylation sites is 2. The van der Waals surface area contributed by atoms with Crippen LogP contribution < -0.4 is 0 Å². The smallest absolute Gasteiger partial charge is 0.164 e. The maximum Gasteiger partial charge on any atom is 0.164 e. The van der Waals surface area contributed by atoms with E-state index in [-0.39, 0.29) is 0 Å². The van der Waals surface area contributed by atoms with E-state index < -0.39 is 0 Å². The first-order valence-corrected chi connectivity index (χ1v) is 35.4. The minimum absolute atomic E-state index is 0.557. The van der Waals surface area contributed by atoms with Crippen molar-refractivity contribution in [3.8, 4) is 113 Å². The van der Waals surface area contributed by atoms with Gasteiger partial charge in [0.25, 0.3) is 0 Å². The zero-order valence-electron chi connectivity index (χ0n) is 56.5. The Morgan fingerprint density at radius 1 is 0.181 bits per heavy atom. The molecule has 0 atom stereocenters. The van der Waals surface area contributed by atoms with E-state index in [0.717, 1.165) is 133 Å². The summed E-state index contributed by atoms with van der Waals surface area (Å²) in [6.07, 6.45) is 0. The molecule has 9 heteroatoms. The molecule has 105 heavy (non-hydrogen) atoms. The topological polar surface area (TPSA) is 100 Å². The van der Waals surface area contributed by atoms with Crippen molar-refractivity contribution in [2.45, 2.75) is 0 Å². The van der Waals surface area contributed by atoms with E-state index in [1.54, 1.807) is 0 Å². The highest BCUT2D eigenvalue weighted by atomic mass is 16.3. The Hall–Kier alpha value is -14.3. The number of aromatic nitrogens is 8. The second kappa shape index (κ2) is 24.2. The Labute approximate surface area is 602 Å². The lowest BCUT2D eigenvalue weighted by molar-refractivity contribution is 0.669. The number of nitrogens with zero attached hydrogens (tertiary/aromatic N) is 8. The minimum atomic E-state index is 0.557. The normalized spacial score (nSPS) is 11.8. The van der Waals surface area contributed by atoms with Crippen LogP contribution in [0.1, 0.15) is 0 Å². The van der Waals surface area contributed by atoms with Gasteiger partial charge >= 0.3 is 0 Å². The summed E-state index contributed by atoms with van der Waals surface area (Å²) in [6, 6.07) is 125. The van der Waals surface area contributed by atoms with Crippen LogP contribution in [0.2, 0.25) is 0 Å². The zero-order valence-corrected chi connectivity index (χ0v) is 56.5. The number of hydrogen-bond donors (Lipinski definition) is 0. The summed E-state index contributed by atoms with van der Waals surface area (Å²) >= 11 is 0. The first-order valence-electron chi connectivity index (χ1n) is 35.4. The maximum absolute atomic E-state index is 6.40. The molecule has 0 fully saturated rings. The molecule has 0 aliphatic rings. The summed E-state index contributed by atoms with van der Waals surface area (Å²) in [5, 5.41) is 13.9. The molecule has 0 radical (unpaired) electrons. The summed E-state index contributed by atoms with van der Waals surface area (Å²) in [5.74, 6) is 3.53. The molecule has 5 heterocycles. The molecule has 0 saturated heterocycles. The van der Waals surface area contributed by atoms with Crippen LogP contribution in [-0.4, -0.2) is 39.0 Å². The highest BCUT2D eigenvalue weighted by molar-refractivity contribution is 6.16. The Balaban J connectivity index is 0.607. The lowest BCUT2D eigenvalue weighted by atomic mass is 9.98. The summed E-state index contributed by atoms with van der Waals surface area (Å²) < 4.78 is 11.1. The molecule has 0 bridgehead atoms. The van der Waals surface area contributed by atoms with Crippen LogP contribution in [0.3, 0.4) is 0 Å². The molecule has 21 rings (SSSR count). The monoisotopic (exact) mass is 1340 g/mol. The van der Waals surface area contributed by atoms with E-state index in [0.29, 0.717) is 34.9 Å². The molecule has 0 aliphatic heterocycles. The average molecular weight is 1340 g/mol. The van der Waals surface area contributed by atoms with Crippen molar-refractivity contribution < 1.29 is 4.42 Å². The molecule has 488 valence electrons. The van der Waals surface area contributed by atoms with Gasteiger partial charge in [-0.3, -0.25) is 0 Å². The number of fused-ring (bicyclic) bond motifs is 12. The molecule has 0 N–H and O–H groups in total. The number of rotatable bonds is 11. The first-order chi connectivity index (χ1) is 52.0. The van der Waals surface area contributed by atoms with Crippen molar-refractivity contribution in [1.82, 2.24) is 39.0 Å². The predicted molar refractivity (Wildman–Crippen MR) is 431 cm³/mol. The van der Waals surface area contributed by atoms with Crippen LogP contribution in [0, 0.1) is 0 Å². The Kier molecular flexibility index (Phi) is 13.7. The third-order valence-electron chi connectivity index (χ3n) is 20.8. The van der Waals surface area contributed by atoms with E-state index in [4.69, 9.17) is 34.3 Å². The molecule has 0 aliphatic carbocycles. The van der Waals surface area contributed by atoms with E-state index in [1.165, 1.54) is 43.1 Å². The molecular formula is C96H58N8O. The van der Waals surface area contributed by atoms with Gasteiger partial charge in [-0.05, 0) is 181 Å². The van der Waals surface area contributed by atoms with Gasteiger partial charge in [0.2, 0.25) is 0 Å². The van der Waals surface area contributed by atoms with E-state index in [2.05, 4.69) is 331 Å². The van der Waals surface area contributed by atoms with E-state index >= 15 is 0 Å². The SMILES string of the molecule is c1ccc(-c2cccc(-c3nc(-c4ccc(-n5c6ccc(-c7ccc(-c8ccc(-c9nc(-c%10ccc(-n%11c%12ccccc%12c%12cc%13ccccc%13cc%12%11)cc%10)nc(-c%10ccc%11c(c%10)oc%10ccccc%10%11)n9)cc8)cc7)cc6c6cc7ccccc7cc65)cc4)nc(-c4cccc5ccccc45)n3)c2)cc1. The fraction of sp³-hybridized carbons (Fsp3) is 0. The van der Waals surface area contributed by atoms with Gasteiger partial charge in [0.15, 0.2) is 34.9 Å². The van der Waals surface area contributed by atoms with Gasteiger partial charge in [0, 0.05) is 77.1 Å². The van der Waals surface area contributed by atoms with Crippen molar-refractivity contribution in [1.29, 1.82) is 0 Å². The number of hydrogen-bond acceptors (Lipinski definition) is 7. The molecular weight excluding hydrogens is 1280 g/mol. The third kappa shape index (κ3) is 10.3. The Bertz CT molecular complexity index is 7050. The molecule has 0 spiro atoms. The maximum atomic E-state index is 6.40. The lowest BCUT2D eigenvalue weighted by Crippen LogP contribution is -2.01. The van der Waals surface area contributed by atoms with Crippen molar-refractivity contribution in [2.24, 2.45) is 0 Å². The minimum Gasteiger partial charge on any atom is -0.456 e. The lowest BCUT2D eigenvalue weighted by Gasteiger charge is -2.12. The summed E-state index contributed by atoms with van der Waals surface area (Å²) in [7, 11) is 0. The van der Waals surface area contributed by atoms with Crippen LogP contribution >= 0.6 is 0 Å². The van der Waals surface area contributed by atoms with Crippen LogP contribution in [-0.2, 0) is 0 Å². The van der Waals surface area contributed by atoms with Crippen LogP contribution in [0.5, 0.6) is 0 Å². The summed E-state index contributed by atoms with van der Waals surface area (Å²) in [6.45, 7) is 0. The fourth-order valence-corrected chi connectivity index (χ4v) is 15.6. The summed E-state index contributed by atoms with van der Waals surface area (Å²) in [4.78, 5) is 31.4. The fourth-order valence-electron chi connectivity index (χ4n) is 15.6. The van der Waals surface area contributed by atoms with E-state index in [9.17, 15) is 0 Å². The second-order valence-corrected chi connectivity index (χ2v) is 27.0.